The molecule has 7 heteroatoms. The van der Waals surface area contributed by atoms with Gasteiger partial charge in [0.15, 0.2) is 11.5 Å². The molecular formula is C21H24N2O4S. The molecule has 1 N–H and O–H groups in total. The van der Waals surface area contributed by atoms with Gasteiger partial charge >= 0.3 is 0 Å². The van der Waals surface area contributed by atoms with Crippen LogP contribution in [0.3, 0.4) is 0 Å². The average molecular weight is 401 g/mol. The molecule has 0 aliphatic carbocycles. The molecule has 28 heavy (non-hydrogen) atoms. The van der Waals surface area contributed by atoms with E-state index in [0.717, 1.165) is 26.8 Å². The van der Waals surface area contributed by atoms with Gasteiger partial charge in [-0.15, -0.1) is 11.3 Å². The van der Waals surface area contributed by atoms with Crippen LogP contribution in [0.1, 0.15) is 10.6 Å². The summed E-state index contributed by atoms with van der Waals surface area (Å²) in [5, 5.41) is 4.41. The second-order valence-corrected chi connectivity index (χ2v) is 7.03. The molecule has 0 amide bonds. The fourth-order valence-electron chi connectivity index (χ4n) is 2.96. The Bertz CT molecular complexity index is 927. The van der Waals surface area contributed by atoms with Crippen LogP contribution in [0.15, 0.2) is 42.6 Å². The highest BCUT2D eigenvalue weighted by Gasteiger charge is 2.18. The third kappa shape index (κ3) is 4.21. The molecule has 0 unspecified atom stereocenters. The molecule has 0 radical (unpaired) electrons. The Kier molecular flexibility index (Phi) is 6.73. The number of nitrogens with one attached hydrogen (secondary N) is 1. The number of ether oxygens (including phenoxy) is 4. The van der Waals surface area contributed by atoms with Crippen molar-refractivity contribution in [1.82, 2.24) is 10.3 Å². The zero-order valence-electron chi connectivity index (χ0n) is 16.4. The second-order valence-electron chi connectivity index (χ2n) is 5.92. The van der Waals surface area contributed by atoms with Gasteiger partial charge in [-0.3, -0.25) is 0 Å². The van der Waals surface area contributed by atoms with Gasteiger partial charge in [-0.2, -0.15) is 0 Å². The zero-order valence-corrected chi connectivity index (χ0v) is 17.3. The van der Waals surface area contributed by atoms with Crippen molar-refractivity contribution in [2.45, 2.75) is 13.1 Å². The molecule has 1 aromatic heterocycles. The van der Waals surface area contributed by atoms with E-state index in [0.29, 0.717) is 30.3 Å². The largest absolute Gasteiger partial charge is 0.496 e. The predicted octanol–water partition coefficient (Wildman–Crippen LogP) is 4.13. The number of para-hydroxylation sites is 1. The van der Waals surface area contributed by atoms with Crippen molar-refractivity contribution in [3.05, 3.63) is 53.2 Å². The lowest BCUT2D eigenvalue weighted by atomic mass is 10.1. The fourth-order valence-corrected chi connectivity index (χ4v) is 3.87. The van der Waals surface area contributed by atoms with E-state index in [4.69, 9.17) is 18.9 Å². The molecule has 0 saturated heterocycles. The van der Waals surface area contributed by atoms with E-state index in [1.54, 1.807) is 39.8 Å². The number of aromatic nitrogens is 1. The van der Waals surface area contributed by atoms with Crippen LogP contribution in [0, 0.1) is 0 Å². The Hall–Kier alpha value is -2.77. The number of nitrogens with zero attached hydrogens (tertiary/aromatic N) is 1. The van der Waals surface area contributed by atoms with Gasteiger partial charge in [-0.1, -0.05) is 18.2 Å². The molecule has 1 heterocycles. The minimum absolute atomic E-state index is 0.576. The fraction of sp³-hybridized carbons (Fsp3) is 0.286. The first-order valence-corrected chi connectivity index (χ1v) is 9.60. The summed E-state index contributed by atoms with van der Waals surface area (Å²) in [6, 6.07) is 11.8. The Balaban J connectivity index is 1.74. The highest BCUT2D eigenvalue weighted by molar-refractivity contribution is 7.15. The maximum Gasteiger partial charge on any atom is 0.203 e. The zero-order chi connectivity index (χ0) is 19.9. The molecule has 3 rings (SSSR count). The van der Waals surface area contributed by atoms with Crippen LogP contribution in [-0.4, -0.2) is 33.4 Å². The Morgan fingerprint density at radius 3 is 2.29 bits per heavy atom. The van der Waals surface area contributed by atoms with Crippen LogP contribution in [-0.2, 0) is 13.1 Å². The first-order chi connectivity index (χ1) is 13.7. The van der Waals surface area contributed by atoms with E-state index >= 15 is 0 Å². The van der Waals surface area contributed by atoms with Crippen LogP contribution in [0.2, 0.25) is 0 Å². The van der Waals surface area contributed by atoms with E-state index in [1.165, 1.54) is 0 Å². The van der Waals surface area contributed by atoms with Crippen molar-refractivity contribution < 1.29 is 18.9 Å². The van der Waals surface area contributed by atoms with Crippen molar-refractivity contribution >= 4 is 11.3 Å². The molecule has 0 aliphatic heterocycles. The normalized spacial score (nSPS) is 10.6. The summed E-state index contributed by atoms with van der Waals surface area (Å²) in [6.45, 7) is 1.37. The minimum Gasteiger partial charge on any atom is -0.496 e. The van der Waals surface area contributed by atoms with E-state index < -0.39 is 0 Å². The van der Waals surface area contributed by atoms with Crippen molar-refractivity contribution in [3.8, 4) is 33.4 Å². The van der Waals surface area contributed by atoms with Gasteiger partial charge < -0.3 is 24.3 Å². The summed E-state index contributed by atoms with van der Waals surface area (Å²) in [4.78, 5) is 5.54. The standard InChI is InChI=1S/C21H24N2O4S/c1-24-16-8-6-5-7-14(16)11-22-13-19-23-12-18(28-19)15-9-10-17(25-2)21(27-4)20(15)26-3/h5-10,12,22H,11,13H2,1-4H3. The molecule has 3 aromatic rings. The van der Waals surface area contributed by atoms with Crippen LogP contribution in [0.5, 0.6) is 23.0 Å². The van der Waals surface area contributed by atoms with E-state index in [9.17, 15) is 0 Å². The molecule has 0 aliphatic rings. The van der Waals surface area contributed by atoms with Crippen molar-refractivity contribution in [2.24, 2.45) is 0 Å². The van der Waals surface area contributed by atoms with Crippen LogP contribution in [0.4, 0.5) is 0 Å². The average Bonchev–Trinajstić information content (AvgIpc) is 3.21. The van der Waals surface area contributed by atoms with Gasteiger partial charge in [-0.25, -0.2) is 4.98 Å². The van der Waals surface area contributed by atoms with E-state index in [2.05, 4.69) is 10.3 Å². The predicted molar refractivity (Wildman–Crippen MR) is 111 cm³/mol. The van der Waals surface area contributed by atoms with Gasteiger partial charge in [0, 0.05) is 30.4 Å². The summed E-state index contributed by atoms with van der Waals surface area (Å²) >= 11 is 1.61. The number of hydrogen-bond acceptors (Lipinski definition) is 7. The van der Waals surface area contributed by atoms with Crippen molar-refractivity contribution in [3.63, 3.8) is 0 Å². The maximum atomic E-state index is 5.58. The highest BCUT2D eigenvalue weighted by atomic mass is 32.1. The lowest BCUT2D eigenvalue weighted by molar-refractivity contribution is 0.325. The molecule has 2 aromatic carbocycles. The molecule has 0 spiro atoms. The monoisotopic (exact) mass is 400 g/mol. The summed E-state index contributed by atoms with van der Waals surface area (Å²) in [7, 11) is 6.51. The van der Waals surface area contributed by atoms with E-state index in [-0.39, 0.29) is 0 Å². The number of methoxy groups -OCH3 is 4. The van der Waals surface area contributed by atoms with Gasteiger partial charge in [0.25, 0.3) is 0 Å². The summed E-state index contributed by atoms with van der Waals surface area (Å²) in [5.41, 5.74) is 2.04. The highest BCUT2D eigenvalue weighted by Crippen LogP contribution is 2.45. The second kappa shape index (κ2) is 9.43. The Labute approximate surface area is 169 Å². The topological polar surface area (TPSA) is 61.8 Å². The number of thiazole rings is 1. The van der Waals surface area contributed by atoms with Gasteiger partial charge in [-0.05, 0) is 18.2 Å². The van der Waals surface area contributed by atoms with Crippen LogP contribution < -0.4 is 24.3 Å². The van der Waals surface area contributed by atoms with Crippen molar-refractivity contribution in [1.29, 1.82) is 0 Å². The minimum atomic E-state index is 0.576. The molecule has 0 bridgehead atoms. The number of rotatable bonds is 9. The molecule has 6 nitrogen and oxygen atoms in total. The smallest absolute Gasteiger partial charge is 0.203 e. The number of benzene rings is 2. The molecule has 0 fully saturated rings. The first kappa shape index (κ1) is 20.0. The molecule has 148 valence electrons. The summed E-state index contributed by atoms with van der Waals surface area (Å²) < 4.78 is 21.8. The van der Waals surface area contributed by atoms with Crippen LogP contribution in [0.25, 0.3) is 10.4 Å². The SMILES string of the molecule is COc1ccccc1CNCc1ncc(-c2ccc(OC)c(OC)c2OC)s1. The lowest BCUT2D eigenvalue weighted by Crippen LogP contribution is -2.13. The Morgan fingerprint density at radius 1 is 0.821 bits per heavy atom. The first-order valence-electron chi connectivity index (χ1n) is 8.78. The lowest BCUT2D eigenvalue weighted by Gasteiger charge is -2.14. The molecule has 0 atom stereocenters. The molecular weight excluding hydrogens is 376 g/mol. The third-order valence-corrected chi connectivity index (χ3v) is 5.34. The van der Waals surface area contributed by atoms with Crippen LogP contribution >= 0.6 is 11.3 Å². The quantitative estimate of drug-likeness (QED) is 0.583. The molecule has 0 saturated carbocycles. The van der Waals surface area contributed by atoms with Gasteiger partial charge in [0.05, 0.1) is 33.3 Å². The van der Waals surface area contributed by atoms with Gasteiger partial charge in [0.2, 0.25) is 5.75 Å². The summed E-state index contributed by atoms with van der Waals surface area (Å²) in [5.74, 6) is 2.72. The van der Waals surface area contributed by atoms with Gasteiger partial charge in [0.1, 0.15) is 10.8 Å². The van der Waals surface area contributed by atoms with Crippen molar-refractivity contribution in [2.75, 3.05) is 28.4 Å². The Morgan fingerprint density at radius 2 is 1.57 bits per heavy atom. The third-order valence-electron chi connectivity index (χ3n) is 4.31. The maximum absolute atomic E-state index is 5.58. The summed E-state index contributed by atoms with van der Waals surface area (Å²) in [6.07, 6.45) is 1.86. The van der Waals surface area contributed by atoms with E-state index in [1.807, 2.05) is 42.6 Å². The number of hydrogen-bond donors (Lipinski definition) is 1.